The van der Waals surface area contributed by atoms with Crippen LogP contribution in [0.1, 0.15) is 49.3 Å². The average molecular weight is 248 g/mol. The number of hydrogen-bond donors (Lipinski definition) is 1. The van der Waals surface area contributed by atoms with Crippen LogP contribution in [0.5, 0.6) is 0 Å². The molecule has 0 radical (unpaired) electrons. The number of nitrogens with zero attached hydrogens (tertiary/aromatic N) is 3. The molecule has 1 atom stereocenters. The molecule has 18 heavy (non-hydrogen) atoms. The van der Waals surface area contributed by atoms with E-state index in [4.69, 9.17) is 4.74 Å². The highest BCUT2D eigenvalue weighted by molar-refractivity contribution is 5.11. The maximum Gasteiger partial charge on any atom is 0.150 e. The van der Waals surface area contributed by atoms with Crippen molar-refractivity contribution in [3.05, 3.63) is 11.6 Å². The minimum Gasteiger partial charge on any atom is -0.381 e. The number of aromatic nitrogens is 3. The molecule has 3 aliphatic rings. The summed E-state index contributed by atoms with van der Waals surface area (Å²) in [6.07, 6.45) is 4.88. The van der Waals surface area contributed by atoms with E-state index in [1.807, 2.05) is 0 Å². The molecule has 1 aliphatic carbocycles. The normalized spacial score (nSPS) is 29.2. The van der Waals surface area contributed by atoms with Gasteiger partial charge < -0.3 is 14.6 Å². The smallest absolute Gasteiger partial charge is 0.150 e. The minimum atomic E-state index is 0.458. The number of fused-ring (bicyclic) bond motifs is 1. The molecule has 0 amide bonds. The van der Waals surface area contributed by atoms with Gasteiger partial charge in [-0.25, -0.2) is 0 Å². The van der Waals surface area contributed by atoms with Crippen LogP contribution in [0.3, 0.4) is 0 Å². The molecule has 1 saturated heterocycles. The Morgan fingerprint density at radius 1 is 1.06 bits per heavy atom. The second kappa shape index (κ2) is 4.31. The molecule has 98 valence electrons. The zero-order chi connectivity index (χ0) is 11.9. The van der Waals surface area contributed by atoms with Crippen LogP contribution in [0.2, 0.25) is 0 Å². The van der Waals surface area contributed by atoms with E-state index in [2.05, 4.69) is 20.1 Å². The second-order valence-electron chi connectivity index (χ2n) is 5.72. The standard InChI is InChI=1S/C13H20N4O/c1-2-9(1)11-13-16-15-12(17(13)6-5-14-11)10-3-7-18-8-4-10/h9-11,14H,1-8H2. The summed E-state index contributed by atoms with van der Waals surface area (Å²) in [4.78, 5) is 0. The molecular weight excluding hydrogens is 228 g/mol. The lowest BCUT2D eigenvalue weighted by atomic mass is 9.99. The predicted octanol–water partition coefficient (Wildman–Crippen LogP) is 1.23. The Balaban J connectivity index is 1.64. The Morgan fingerprint density at radius 2 is 1.83 bits per heavy atom. The third kappa shape index (κ3) is 1.77. The zero-order valence-corrected chi connectivity index (χ0v) is 10.6. The van der Waals surface area contributed by atoms with Crippen LogP contribution in [0, 0.1) is 5.92 Å². The molecule has 5 nitrogen and oxygen atoms in total. The summed E-state index contributed by atoms with van der Waals surface area (Å²) in [5, 5.41) is 12.6. The molecular formula is C13H20N4O. The lowest BCUT2D eigenvalue weighted by Gasteiger charge is -2.27. The van der Waals surface area contributed by atoms with Gasteiger partial charge in [0.25, 0.3) is 0 Å². The minimum absolute atomic E-state index is 0.458. The van der Waals surface area contributed by atoms with Crippen molar-refractivity contribution in [3.8, 4) is 0 Å². The molecule has 1 saturated carbocycles. The van der Waals surface area contributed by atoms with Gasteiger partial charge in [0.05, 0.1) is 6.04 Å². The van der Waals surface area contributed by atoms with E-state index in [9.17, 15) is 0 Å². The molecule has 0 spiro atoms. The Kier molecular flexibility index (Phi) is 2.62. The van der Waals surface area contributed by atoms with E-state index in [0.717, 1.165) is 45.1 Å². The van der Waals surface area contributed by atoms with Gasteiger partial charge >= 0.3 is 0 Å². The molecule has 0 bridgehead atoms. The molecule has 3 heterocycles. The monoisotopic (exact) mass is 248 g/mol. The van der Waals surface area contributed by atoms with E-state index in [-0.39, 0.29) is 0 Å². The van der Waals surface area contributed by atoms with Crippen LogP contribution in [0.25, 0.3) is 0 Å². The van der Waals surface area contributed by atoms with E-state index in [1.165, 1.54) is 24.5 Å². The van der Waals surface area contributed by atoms with Crippen molar-refractivity contribution in [2.24, 2.45) is 5.92 Å². The van der Waals surface area contributed by atoms with E-state index >= 15 is 0 Å². The highest BCUT2D eigenvalue weighted by Crippen LogP contribution is 2.42. The van der Waals surface area contributed by atoms with Crippen LogP contribution in [-0.4, -0.2) is 34.5 Å². The van der Waals surface area contributed by atoms with Gasteiger partial charge in [-0.3, -0.25) is 0 Å². The van der Waals surface area contributed by atoms with Crippen molar-refractivity contribution in [1.82, 2.24) is 20.1 Å². The first-order chi connectivity index (χ1) is 8.93. The van der Waals surface area contributed by atoms with Crippen LogP contribution >= 0.6 is 0 Å². The van der Waals surface area contributed by atoms with Gasteiger partial charge in [-0.05, 0) is 31.6 Å². The first-order valence-electron chi connectivity index (χ1n) is 7.17. The topological polar surface area (TPSA) is 52.0 Å². The summed E-state index contributed by atoms with van der Waals surface area (Å²) in [7, 11) is 0. The fourth-order valence-corrected chi connectivity index (χ4v) is 3.27. The summed E-state index contributed by atoms with van der Waals surface area (Å²) in [5.41, 5.74) is 0. The molecule has 1 N–H and O–H groups in total. The number of ether oxygens (including phenoxy) is 1. The summed E-state index contributed by atoms with van der Waals surface area (Å²) >= 11 is 0. The summed E-state index contributed by atoms with van der Waals surface area (Å²) in [5.74, 6) is 3.75. The third-order valence-corrected chi connectivity index (χ3v) is 4.47. The summed E-state index contributed by atoms with van der Waals surface area (Å²) in [6, 6.07) is 0.458. The van der Waals surface area contributed by atoms with Crippen LogP contribution < -0.4 is 5.32 Å². The Bertz CT molecular complexity index is 434. The second-order valence-corrected chi connectivity index (χ2v) is 5.72. The Morgan fingerprint density at radius 3 is 2.61 bits per heavy atom. The van der Waals surface area contributed by atoms with Crippen molar-refractivity contribution in [3.63, 3.8) is 0 Å². The van der Waals surface area contributed by atoms with Crippen molar-refractivity contribution in [2.75, 3.05) is 19.8 Å². The summed E-state index contributed by atoms with van der Waals surface area (Å²) < 4.78 is 7.83. The van der Waals surface area contributed by atoms with E-state index in [1.54, 1.807) is 0 Å². The quantitative estimate of drug-likeness (QED) is 0.855. The molecule has 1 unspecified atom stereocenters. The lowest BCUT2D eigenvalue weighted by molar-refractivity contribution is 0.0825. The average Bonchev–Trinajstić information content (AvgIpc) is 3.18. The molecule has 5 heteroatoms. The molecule has 1 aromatic rings. The van der Waals surface area contributed by atoms with Gasteiger partial charge in [0.15, 0.2) is 5.82 Å². The van der Waals surface area contributed by atoms with Crippen molar-refractivity contribution < 1.29 is 4.74 Å². The molecule has 0 aromatic carbocycles. The van der Waals surface area contributed by atoms with Crippen LogP contribution in [-0.2, 0) is 11.3 Å². The Hall–Kier alpha value is -0.940. The van der Waals surface area contributed by atoms with E-state index in [0.29, 0.717) is 12.0 Å². The van der Waals surface area contributed by atoms with Gasteiger partial charge in [0, 0.05) is 32.2 Å². The van der Waals surface area contributed by atoms with Gasteiger partial charge in [0.1, 0.15) is 5.82 Å². The maximum atomic E-state index is 5.44. The SMILES string of the molecule is C1Cn2c(C3CCOCC3)nnc2C(C2CC2)N1. The maximum absolute atomic E-state index is 5.44. The molecule has 2 fully saturated rings. The largest absolute Gasteiger partial charge is 0.381 e. The third-order valence-electron chi connectivity index (χ3n) is 4.47. The number of hydrogen-bond acceptors (Lipinski definition) is 4. The van der Waals surface area contributed by atoms with Crippen LogP contribution in [0.15, 0.2) is 0 Å². The first kappa shape index (κ1) is 10.9. The molecule has 2 aliphatic heterocycles. The van der Waals surface area contributed by atoms with Gasteiger partial charge in [0.2, 0.25) is 0 Å². The molecule has 4 rings (SSSR count). The fraction of sp³-hybridized carbons (Fsp3) is 0.846. The Labute approximate surface area is 107 Å². The fourth-order valence-electron chi connectivity index (χ4n) is 3.27. The van der Waals surface area contributed by atoms with E-state index < -0.39 is 0 Å². The lowest BCUT2D eigenvalue weighted by Crippen LogP contribution is -2.36. The number of rotatable bonds is 2. The number of nitrogens with one attached hydrogen (secondary N) is 1. The summed E-state index contributed by atoms with van der Waals surface area (Å²) in [6.45, 7) is 3.83. The van der Waals surface area contributed by atoms with Crippen molar-refractivity contribution in [2.45, 2.75) is 44.2 Å². The van der Waals surface area contributed by atoms with Crippen molar-refractivity contribution in [1.29, 1.82) is 0 Å². The van der Waals surface area contributed by atoms with Gasteiger partial charge in [-0.2, -0.15) is 0 Å². The predicted molar refractivity (Wildman–Crippen MR) is 66.3 cm³/mol. The van der Waals surface area contributed by atoms with Gasteiger partial charge in [-0.1, -0.05) is 0 Å². The first-order valence-corrected chi connectivity index (χ1v) is 7.17. The van der Waals surface area contributed by atoms with Crippen molar-refractivity contribution >= 4 is 0 Å². The highest BCUT2D eigenvalue weighted by Gasteiger charge is 2.38. The highest BCUT2D eigenvalue weighted by atomic mass is 16.5. The van der Waals surface area contributed by atoms with Gasteiger partial charge in [-0.15, -0.1) is 10.2 Å². The molecule has 1 aromatic heterocycles. The van der Waals surface area contributed by atoms with Crippen LogP contribution in [0.4, 0.5) is 0 Å². The zero-order valence-electron chi connectivity index (χ0n) is 10.6.